The highest BCUT2D eigenvalue weighted by Gasteiger charge is 2.20. The molecule has 15 aromatic carbocycles. The van der Waals surface area contributed by atoms with Crippen molar-refractivity contribution in [3.05, 3.63) is 352 Å². The van der Waals surface area contributed by atoms with Gasteiger partial charge < -0.3 is 0 Å². The molecule has 0 spiro atoms. The average molecular weight is 1270 g/mol. The average Bonchev–Trinajstić information content (AvgIpc) is 0.711. The highest BCUT2D eigenvalue weighted by Crippen LogP contribution is 2.43. The van der Waals surface area contributed by atoms with Gasteiger partial charge in [0.05, 0.1) is 28.5 Å². The molecule has 0 radical (unpaired) electrons. The first-order valence-electron chi connectivity index (χ1n) is 33.9. The lowest BCUT2D eigenvalue weighted by Crippen LogP contribution is -1.97. The first-order valence-corrected chi connectivity index (χ1v) is 33.9. The van der Waals surface area contributed by atoms with Gasteiger partial charge in [-0.2, -0.15) is 0 Å². The fourth-order valence-corrected chi connectivity index (χ4v) is 14.9. The van der Waals surface area contributed by atoms with Crippen LogP contribution in [-0.4, -0.2) is 29.9 Å². The molecule has 6 heteroatoms. The minimum absolute atomic E-state index is 0.635. The summed E-state index contributed by atoms with van der Waals surface area (Å²) in [5, 5.41) is 17.1. The lowest BCUT2D eigenvalue weighted by molar-refractivity contribution is 1.18. The number of rotatable bonds is 11. The second kappa shape index (κ2) is 24.3. The van der Waals surface area contributed by atoms with Crippen molar-refractivity contribution < 1.29 is 0 Å². The van der Waals surface area contributed by atoms with E-state index >= 15 is 0 Å². The van der Waals surface area contributed by atoms with E-state index in [4.69, 9.17) is 24.9 Å². The summed E-state index contributed by atoms with van der Waals surface area (Å²) < 4.78 is 0. The van der Waals surface area contributed by atoms with E-state index in [9.17, 15) is 0 Å². The summed E-state index contributed by atoms with van der Waals surface area (Å²) in [4.78, 5) is 30.9. The van der Waals surface area contributed by atoms with Gasteiger partial charge in [-0.25, -0.2) is 19.9 Å². The predicted octanol–water partition coefficient (Wildman–Crippen LogP) is 24.5. The summed E-state index contributed by atoms with van der Waals surface area (Å²) in [6, 6.07) is 119. The van der Waals surface area contributed by atoms with E-state index in [1.807, 2.05) is 36.8 Å². The Labute approximate surface area is 577 Å². The third-order valence-corrected chi connectivity index (χ3v) is 19.8. The second-order valence-electron chi connectivity index (χ2n) is 25.7. The van der Waals surface area contributed by atoms with E-state index < -0.39 is 0 Å². The Morgan fingerprint density at radius 2 is 0.550 bits per heavy atom. The third kappa shape index (κ3) is 10.4. The summed E-state index contributed by atoms with van der Waals surface area (Å²) in [5.74, 6) is 1.30. The summed E-state index contributed by atoms with van der Waals surface area (Å²) in [6.07, 6.45) is 5.68. The molecule has 100 heavy (non-hydrogen) atoms. The SMILES string of the molecule is c1ccc(-c2cc(-c3ccc(-c4cnc(-c5cccc(-c6cc(-c7cccc(-c8ccncc8)c7)nc(-c7ccc(-c8cc9ccc%10ccccc%10c9c9ccccc89)cc7)n6)c5)c5ccccc45)cc3)nc(-c3ccc(-c4cc5ccc6ccccc6c5c5ccccc45)cc3)n2)cc1. The van der Waals surface area contributed by atoms with Gasteiger partial charge in [-0.1, -0.05) is 285 Å². The Bertz CT molecular complexity index is 6430. The molecule has 464 valence electrons. The van der Waals surface area contributed by atoms with Crippen molar-refractivity contribution >= 4 is 75.4 Å². The van der Waals surface area contributed by atoms with Gasteiger partial charge in [-0.05, 0) is 157 Å². The van der Waals surface area contributed by atoms with Crippen molar-refractivity contribution in [1.29, 1.82) is 0 Å². The fraction of sp³-hybridized carbons (Fsp3) is 0. The van der Waals surface area contributed by atoms with E-state index in [1.54, 1.807) is 0 Å². The van der Waals surface area contributed by atoms with E-state index in [1.165, 1.54) is 75.8 Å². The summed E-state index contributed by atoms with van der Waals surface area (Å²) >= 11 is 0. The number of hydrogen-bond acceptors (Lipinski definition) is 6. The van der Waals surface area contributed by atoms with Gasteiger partial charge in [0.15, 0.2) is 11.6 Å². The quantitative estimate of drug-likeness (QED) is 0.120. The minimum Gasteiger partial charge on any atom is -0.265 e. The van der Waals surface area contributed by atoms with Crippen LogP contribution in [0.4, 0.5) is 0 Å². The van der Waals surface area contributed by atoms with Gasteiger partial charge in [-0.15, -0.1) is 0 Å². The lowest BCUT2D eigenvalue weighted by atomic mass is 9.90. The van der Waals surface area contributed by atoms with Crippen molar-refractivity contribution in [2.45, 2.75) is 0 Å². The molecule has 4 heterocycles. The van der Waals surface area contributed by atoms with Crippen LogP contribution in [0.1, 0.15) is 0 Å². The molecule has 0 aliphatic rings. The molecule has 0 atom stereocenters. The molecule has 0 aliphatic heterocycles. The topological polar surface area (TPSA) is 77.3 Å². The van der Waals surface area contributed by atoms with Gasteiger partial charge in [0, 0.05) is 68.5 Å². The number of aromatic nitrogens is 6. The molecule has 0 aliphatic carbocycles. The van der Waals surface area contributed by atoms with E-state index in [-0.39, 0.29) is 0 Å². The number of nitrogens with zero attached hydrogens (tertiary/aromatic N) is 6. The Morgan fingerprint density at radius 1 is 0.190 bits per heavy atom. The molecular formula is C94H58N6. The molecule has 0 unspecified atom stereocenters. The minimum atomic E-state index is 0.635. The van der Waals surface area contributed by atoms with Crippen LogP contribution in [0.15, 0.2) is 352 Å². The van der Waals surface area contributed by atoms with Crippen LogP contribution in [0.3, 0.4) is 0 Å². The van der Waals surface area contributed by atoms with Gasteiger partial charge in [0.25, 0.3) is 0 Å². The molecule has 0 N–H and O–H groups in total. The third-order valence-electron chi connectivity index (χ3n) is 19.8. The Balaban J connectivity index is 0.654. The molecular weight excluding hydrogens is 1210 g/mol. The number of fused-ring (bicyclic) bond motifs is 11. The summed E-state index contributed by atoms with van der Waals surface area (Å²) in [7, 11) is 0. The normalized spacial score (nSPS) is 11.6. The number of pyridine rings is 2. The van der Waals surface area contributed by atoms with Crippen molar-refractivity contribution in [1.82, 2.24) is 29.9 Å². The molecule has 0 saturated heterocycles. The molecule has 19 aromatic rings. The van der Waals surface area contributed by atoms with Gasteiger partial charge >= 0.3 is 0 Å². The van der Waals surface area contributed by atoms with E-state index in [2.05, 4.69) is 320 Å². The molecule has 0 fully saturated rings. The van der Waals surface area contributed by atoms with E-state index in [0.29, 0.717) is 11.6 Å². The number of hydrogen-bond donors (Lipinski definition) is 0. The molecule has 0 amide bonds. The highest BCUT2D eigenvalue weighted by atomic mass is 14.9. The molecule has 0 saturated carbocycles. The zero-order valence-electron chi connectivity index (χ0n) is 54.2. The summed E-state index contributed by atoms with van der Waals surface area (Å²) in [6.45, 7) is 0. The van der Waals surface area contributed by atoms with E-state index in [0.717, 1.165) is 112 Å². The van der Waals surface area contributed by atoms with Gasteiger partial charge in [0.1, 0.15) is 0 Å². The fourth-order valence-electron chi connectivity index (χ4n) is 14.9. The molecule has 0 bridgehead atoms. The smallest absolute Gasteiger partial charge is 0.160 e. The van der Waals surface area contributed by atoms with Crippen LogP contribution in [-0.2, 0) is 0 Å². The van der Waals surface area contributed by atoms with Gasteiger partial charge in [-0.3, -0.25) is 9.97 Å². The monoisotopic (exact) mass is 1270 g/mol. The maximum absolute atomic E-state index is 5.41. The van der Waals surface area contributed by atoms with Crippen LogP contribution in [0, 0.1) is 0 Å². The maximum atomic E-state index is 5.41. The molecule has 4 aromatic heterocycles. The van der Waals surface area contributed by atoms with Crippen LogP contribution < -0.4 is 0 Å². The largest absolute Gasteiger partial charge is 0.265 e. The van der Waals surface area contributed by atoms with Crippen molar-refractivity contribution in [2.75, 3.05) is 0 Å². The zero-order valence-corrected chi connectivity index (χ0v) is 54.2. The predicted molar refractivity (Wildman–Crippen MR) is 416 cm³/mol. The van der Waals surface area contributed by atoms with Crippen LogP contribution in [0.25, 0.3) is 199 Å². The molecule has 19 rings (SSSR count). The standard InChI is InChI=1S/C94H58N6/c1-2-18-65(19-3-1)86-56-87(98-93(97-86)67-42-34-62(35-43-67)83-54-72-46-38-60-16-4-6-24-75(60)90(72)80-29-11-8-26-77(80)83)66-40-32-64(33-41-66)85-58-96-92(82-31-13-10-28-79(82)85)74-23-15-22-71(53-74)89-57-88(70-21-14-20-69(52-70)59-48-50-95-51-49-59)99-94(100-89)68-44-36-63(37-45-68)84-55-73-47-39-61-17-5-7-25-76(61)91(73)81-30-12-9-27-78(81)84/h1-58H. The maximum Gasteiger partial charge on any atom is 0.160 e. The lowest BCUT2D eigenvalue weighted by Gasteiger charge is -2.14. The first-order chi connectivity index (χ1) is 49.5. The van der Waals surface area contributed by atoms with Crippen LogP contribution >= 0.6 is 0 Å². The van der Waals surface area contributed by atoms with Crippen LogP contribution in [0.5, 0.6) is 0 Å². The highest BCUT2D eigenvalue weighted by molar-refractivity contribution is 6.24. The van der Waals surface area contributed by atoms with Crippen molar-refractivity contribution in [3.63, 3.8) is 0 Å². The first kappa shape index (κ1) is 58.0. The Morgan fingerprint density at radius 3 is 1.07 bits per heavy atom. The molecule has 6 nitrogen and oxygen atoms in total. The zero-order chi connectivity index (χ0) is 66.0. The summed E-state index contributed by atoms with van der Waals surface area (Å²) in [5.41, 5.74) is 19.9. The van der Waals surface area contributed by atoms with Gasteiger partial charge in [0.2, 0.25) is 0 Å². The number of benzene rings is 15. The van der Waals surface area contributed by atoms with Crippen molar-refractivity contribution in [2.24, 2.45) is 0 Å². The second-order valence-corrected chi connectivity index (χ2v) is 25.7. The van der Waals surface area contributed by atoms with Crippen LogP contribution in [0.2, 0.25) is 0 Å². The van der Waals surface area contributed by atoms with Crippen molar-refractivity contribution in [3.8, 4) is 124 Å². The Kier molecular flexibility index (Phi) is 14.1. The Hall–Kier alpha value is -13.4.